The van der Waals surface area contributed by atoms with Gasteiger partial charge in [-0.15, -0.1) is 0 Å². The average Bonchev–Trinajstić information content (AvgIpc) is 2.82. The van der Waals surface area contributed by atoms with Crippen molar-refractivity contribution in [1.82, 2.24) is 0 Å². The van der Waals surface area contributed by atoms with Gasteiger partial charge in [0.2, 0.25) is 5.91 Å². The number of nitrogens with one attached hydrogen (secondary N) is 1. The molecule has 0 bridgehead atoms. The molecule has 1 heterocycles. The summed E-state index contributed by atoms with van der Waals surface area (Å²) in [4.78, 5) is 37.3. The smallest absolute Gasteiger partial charge is 0.269 e. The number of anilines is 2. The van der Waals surface area contributed by atoms with Crippen LogP contribution in [0, 0.1) is 17.0 Å². The van der Waals surface area contributed by atoms with Crippen molar-refractivity contribution >= 4 is 35.0 Å². The Labute approximate surface area is 196 Å². The summed E-state index contributed by atoms with van der Waals surface area (Å²) < 4.78 is 5.77. The van der Waals surface area contributed by atoms with Crippen molar-refractivity contribution in [3.05, 3.63) is 99.6 Å². The van der Waals surface area contributed by atoms with Gasteiger partial charge in [0.1, 0.15) is 5.75 Å². The topological polar surface area (TPSA) is 102 Å². The molecule has 1 N–H and O–H groups in total. The fraction of sp³-hybridized carbons (Fsp3) is 0.154. The summed E-state index contributed by atoms with van der Waals surface area (Å²) in [5.74, 6) is 0.0394. The maximum Gasteiger partial charge on any atom is 0.269 e. The Bertz CT molecular complexity index is 1280. The number of hydrogen-bond donors (Lipinski definition) is 1. The average molecular weight is 457 g/mol. The lowest BCUT2D eigenvalue weighted by molar-refractivity contribution is -0.384. The Kier molecular flexibility index (Phi) is 6.40. The van der Waals surface area contributed by atoms with Gasteiger partial charge in [-0.2, -0.15) is 0 Å². The maximum absolute atomic E-state index is 12.9. The third-order valence-corrected chi connectivity index (χ3v) is 5.56. The number of hydrogen-bond acceptors (Lipinski definition) is 5. The third kappa shape index (κ3) is 4.96. The van der Waals surface area contributed by atoms with Crippen molar-refractivity contribution in [1.29, 1.82) is 0 Å². The van der Waals surface area contributed by atoms with Crippen molar-refractivity contribution < 1.29 is 19.2 Å². The van der Waals surface area contributed by atoms with E-state index in [4.69, 9.17) is 4.74 Å². The molecule has 3 aromatic rings. The minimum absolute atomic E-state index is 0.0167. The summed E-state index contributed by atoms with van der Waals surface area (Å²) in [7, 11) is 0. The van der Waals surface area contributed by atoms with Crippen LogP contribution in [-0.2, 0) is 16.1 Å². The lowest BCUT2D eigenvalue weighted by Gasteiger charge is -2.33. The summed E-state index contributed by atoms with van der Waals surface area (Å²) in [6.07, 6.45) is 2.30. The number of non-ortho nitro benzene ring substituents is 1. The van der Waals surface area contributed by atoms with Crippen molar-refractivity contribution in [2.75, 3.05) is 10.2 Å². The third-order valence-electron chi connectivity index (χ3n) is 5.56. The molecule has 0 saturated heterocycles. The number of nitrogens with zero attached hydrogens (tertiary/aromatic N) is 2. The number of aryl methyl sites for hydroxylation is 1. The molecule has 0 fully saturated rings. The van der Waals surface area contributed by atoms with Crippen LogP contribution >= 0.6 is 0 Å². The first-order valence-corrected chi connectivity index (χ1v) is 10.7. The SMILES string of the molecule is Cc1ccccc1CN1C(=O)C(C)Oc2ccc(NC(=O)/C=C/c3ccc([N+](=O)[O-])cc3)cc21. The van der Waals surface area contributed by atoms with E-state index in [2.05, 4.69) is 5.32 Å². The molecule has 1 unspecified atom stereocenters. The number of benzene rings is 3. The van der Waals surface area contributed by atoms with E-state index in [9.17, 15) is 19.7 Å². The second kappa shape index (κ2) is 9.58. The van der Waals surface area contributed by atoms with Gasteiger partial charge >= 0.3 is 0 Å². The van der Waals surface area contributed by atoms with Gasteiger partial charge in [0, 0.05) is 23.9 Å². The number of ether oxygens (including phenoxy) is 1. The highest BCUT2D eigenvalue weighted by atomic mass is 16.6. The Morgan fingerprint density at radius 3 is 2.59 bits per heavy atom. The number of fused-ring (bicyclic) bond motifs is 1. The fourth-order valence-corrected chi connectivity index (χ4v) is 3.67. The minimum Gasteiger partial charge on any atom is -0.479 e. The van der Waals surface area contributed by atoms with Crippen LogP contribution in [0.5, 0.6) is 5.75 Å². The summed E-state index contributed by atoms with van der Waals surface area (Å²) >= 11 is 0. The Balaban J connectivity index is 1.53. The lowest BCUT2D eigenvalue weighted by Crippen LogP contribution is -2.44. The minimum atomic E-state index is -0.610. The molecule has 8 nitrogen and oxygen atoms in total. The van der Waals surface area contributed by atoms with E-state index < -0.39 is 11.0 Å². The van der Waals surface area contributed by atoms with E-state index in [1.165, 1.54) is 18.2 Å². The second-order valence-electron chi connectivity index (χ2n) is 7.96. The number of nitro benzene ring substituents is 1. The molecule has 0 aliphatic carbocycles. The van der Waals surface area contributed by atoms with Crippen LogP contribution in [-0.4, -0.2) is 22.8 Å². The van der Waals surface area contributed by atoms with Crippen LogP contribution in [0.15, 0.2) is 72.8 Å². The molecule has 4 rings (SSSR count). The molecule has 1 atom stereocenters. The van der Waals surface area contributed by atoms with Gasteiger partial charge in [0.05, 0.1) is 17.2 Å². The van der Waals surface area contributed by atoms with Crippen molar-refractivity contribution in [3.8, 4) is 5.75 Å². The van der Waals surface area contributed by atoms with E-state index in [1.54, 1.807) is 48.2 Å². The highest BCUT2D eigenvalue weighted by molar-refractivity contribution is 6.04. The van der Waals surface area contributed by atoms with E-state index in [0.717, 1.165) is 11.1 Å². The zero-order valence-corrected chi connectivity index (χ0v) is 18.7. The Hall–Kier alpha value is -4.46. The monoisotopic (exact) mass is 457 g/mol. The van der Waals surface area contributed by atoms with Gasteiger partial charge in [0.15, 0.2) is 6.10 Å². The van der Waals surface area contributed by atoms with Crippen LogP contribution in [0.1, 0.15) is 23.6 Å². The lowest BCUT2D eigenvalue weighted by atomic mass is 10.1. The molecule has 0 spiro atoms. The highest BCUT2D eigenvalue weighted by Gasteiger charge is 2.32. The van der Waals surface area contributed by atoms with Gasteiger partial charge in [-0.1, -0.05) is 24.3 Å². The summed E-state index contributed by atoms with van der Waals surface area (Å²) in [6.45, 7) is 4.11. The summed E-state index contributed by atoms with van der Waals surface area (Å²) in [5, 5.41) is 13.5. The molecule has 0 radical (unpaired) electrons. The number of carbonyl (C=O) groups excluding carboxylic acids is 2. The van der Waals surface area contributed by atoms with E-state index in [0.29, 0.717) is 29.2 Å². The van der Waals surface area contributed by atoms with Gasteiger partial charge in [-0.25, -0.2) is 0 Å². The molecular weight excluding hydrogens is 434 g/mol. The Morgan fingerprint density at radius 2 is 1.88 bits per heavy atom. The predicted octanol–water partition coefficient (Wildman–Crippen LogP) is 4.87. The molecule has 172 valence electrons. The van der Waals surface area contributed by atoms with Crippen molar-refractivity contribution in [2.24, 2.45) is 0 Å². The molecule has 3 aromatic carbocycles. The van der Waals surface area contributed by atoms with Crippen molar-refractivity contribution in [3.63, 3.8) is 0 Å². The van der Waals surface area contributed by atoms with E-state index >= 15 is 0 Å². The normalized spacial score (nSPS) is 15.1. The quantitative estimate of drug-likeness (QED) is 0.323. The summed E-state index contributed by atoms with van der Waals surface area (Å²) in [5.41, 5.74) is 3.84. The molecule has 0 aromatic heterocycles. The van der Waals surface area contributed by atoms with Gasteiger partial charge in [0.25, 0.3) is 11.6 Å². The molecule has 1 aliphatic heterocycles. The number of carbonyl (C=O) groups is 2. The molecule has 1 aliphatic rings. The van der Waals surface area contributed by atoms with Crippen molar-refractivity contribution in [2.45, 2.75) is 26.5 Å². The van der Waals surface area contributed by atoms with Crippen LogP contribution < -0.4 is 15.0 Å². The van der Waals surface area contributed by atoms with Gasteiger partial charge in [-0.3, -0.25) is 19.7 Å². The van der Waals surface area contributed by atoms with E-state index in [1.807, 2.05) is 31.2 Å². The number of amides is 2. The molecule has 8 heteroatoms. The second-order valence-corrected chi connectivity index (χ2v) is 7.96. The van der Waals surface area contributed by atoms with Crippen LogP contribution in [0.2, 0.25) is 0 Å². The first kappa shape index (κ1) is 22.7. The number of rotatable bonds is 6. The summed E-state index contributed by atoms with van der Waals surface area (Å²) in [6, 6.07) is 18.9. The van der Waals surface area contributed by atoms with Gasteiger partial charge < -0.3 is 15.0 Å². The molecule has 34 heavy (non-hydrogen) atoms. The van der Waals surface area contributed by atoms with Crippen LogP contribution in [0.4, 0.5) is 17.1 Å². The fourth-order valence-electron chi connectivity index (χ4n) is 3.67. The zero-order chi connectivity index (χ0) is 24.2. The maximum atomic E-state index is 12.9. The molecule has 2 amide bonds. The van der Waals surface area contributed by atoms with Crippen LogP contribution in [0.3, 0.4) is 0 Å². The Morgan fingerprint density at radius 1 is 1.15 bits per heavy atom. The first-order valence-electron chi connectivity index (χ1n) is 10.7. The van der Waals surface area contributed by atoms with E-state index in [-0.39, 0.29) is 17.5 Å². The first-order chi connectivity index (χ1) is 16.3. The van der Waals surface area contributed by atoms with Crippen LogP contribution in [0.25, 0.3) is 6.08 Å². The van der Waals surface area contributed by atoms with Gasteiger partial charge in [-0.05, 0) is 66.9 Å². The highest BCUT2D eigenvalue weighted by Crippen LogP contribution is 2.37. The largest absolute Gasteiger partial charge is 0.479 e. The molecule has 0 saturated carbocycles. The standard InChI is InChI=1S/C26H23N3O5/c1-17-5-3-4-6-20(17)16-28-23-15-21(10-13-24(23)34-18(2)26(28)31)27-25(30)14-9-19-7-11-22(12-8-19)29(32)33/h3-15,18H,16H2,1-2H3,(H,27,30)/b14-9+. The molecular formula is C26H23N3O5. The zero-order valence-electron chi connectivity index (χ0n) is 18.7. The number of nitro groups is 1. The predicted molar refractivity (Wildman–Crippen MR) is 130 cm³/mol.